The van der Waals surface area contributed by atoms with Crippen LogP contribution in [0.15, 0.2) is 34.7 Å². The highest BCUT2D eigenvalue weighted by atomic mass is 32.2. The minimum absolute atomic E-state index is 0.0166. The normalized spacial score (nSPS) is 26.3. The molecule has 1 aromatic carbocycles. The minimum Gasteiger partial charge on any atom is -0.419 e. The Hall–Kier alpha value is -1.77. The van der Waals surface area contributed by atoms with E-state index < -0.39 is 10.0 Å². The number of rotatable bonds is 4. The van der Waals surface area contributed by atoms with Gasteiger partial charge < -0.3 is 4.42 Å². The van der Waals surface area contributed by atoms with Crippen LogP contribution in [0, 0.1) is 5.41 Å². The highest BCUT2D eigenvalue weighted by molar-refractivity contribution is 7.90. The molecule has 1 spiro atoms. The Morgan fingerprint density at radius 1 is 1.12 bits per heavy atom. The fourth-order valence-corrected chi connectivity index (χ4v) is 6.36. The first kappa shape index (κ1) is 16.4. The third kappa shape index (κ3) is 2.59. The Balaban J connectivity index is 1.31. The van der Waals surface area contributed by atoms with Gasteiger partial charge in [-0.25, -0.2) is 12.7 Å². The molecule has 0 amide bonds. The summed E-state index contributed by atoms with van der Waals surface area (Å²) in [5.74, 6) is 1.15. The fraction of sp³-hybridized carbons (Fsp3) is 0.556. The van der Waals surface area contributed by atoms with Crippen molar-refractivity contribution in [2.45, 2.75) is 30.6 Å². The second-order valence-corrected chi connectivity index (χ2v) is 10.2. The van der Waals surface area contributed by atoms with Crippen molar-refractivity contribution >= 4 is 10.0 Å². The molecule has 2 aliphatic heterocycles. The van der Waals surface area contributed by atoms with Crippen LogP contribution in [-0.4, -0.2) is 59.8 Å². The molecule has 1 atom stereocenters. The summed E-state index contributed by atoms with van der Waals surface area (Å²) in [5.41, 5.74) is 0.926. The Morgan fingerprint density at radius 3 is 2.54 bits per heavy atom. The lowest BCUT2D eigenvalue weighted by Crippen LogP contribution is -2.59. The van der Waals surface area contributed by atoms with Crippen molar-refractivity contribution in [3.8, 4) is 11.5 Å². The average Bonchev–Trinajstić information content (AvgIpc) is 3.25. The molecule has 1 saturated carbocycles. The van der Waals surface area contributed by atoms with E-state index in [0.717, 1.165) is 31.4 Å². The Bertz CT molecular complexity index is 917. The highest BCUT2D eigenvalue weighted by Gasteiger charge is 2.57. The zero-order valence-electron chi connectivity index (χ0n) is 14.7. The number of hydrogen-bond acceptors (Lipinski definition) is 6. The van der Waals surface area contributed by atoms with Crippen LogP contribution in [0.3, 0.4) is 0 Å². The largest absolute Gasteiger partial charge is 0.419 e. The number of hydrogen-bond donors (Lipinski definition) is 0. The molecule has 3 heterocycles. The summed E-state index contributed by atoms with van der Waals surface area (Å²) in [4.78, 5) is 2.21. The van der Waals surface area contributed by atoms with E-state index in [4.69, 9.17) is 4.42 Å². The van der Waals surface area contributed by atoms with Gasteiger partial charge in [-0.1, -0.05) is 18.2 Å². The van der Waals surface area contributed by atoms with Crippen LogP contribution in [0.5, 0.6) is 0 Å². The zero-order valence-corrected chi connectivity index (χ0v) is 15.5. The molecule has 8 heteroatoms. The SMILES string of the molecule is CN1CC2(CC1c1nnc(-c3ccccc3)o1)CN(S(=O)(=O)C1CC1)C2. The van der Waals surface area contributed by atoms with Crippen LogP contribution in [-0.2, 0) is 10.0 Å². The van der Waals surface area contributed by atoms with Crippen LogP contribution in [0.1, 0.15) is 31.2 Å². The van der Waals surface area contributed by atoms with Gasteiger partial charge in [0.1, 0.15) is 0 Å². The maximum atomic E-state index is 12.4. The standard InChI is InChI=1S/C18H22N4O3S/c1-21-10-18(11-22(12-18)26(23,24)14-7-8-14)9-15(21)17-20-19-16(25-17)13-5-3-2-4-6-13/h2-6,14-15H,7-12H2,1H3. The topological polar surface area (TPSA) is 79.5 Å². The van der Waals surface area contributed by atoms with Crippen molar-refractivity contribution in [3.63, 3.8) is 0 Å². The van der Waals surface area contributed by atoms with Gasteiger partial charge in [-0.05, 0) is 38.4 Å². The van der Waals surface area contributed by atoms with E-state index in [1.54, 1.807) is 4.31 Å². The smallest absolute Gasteiger partial charge is 0.247 e. The molecule has 26 heavy (non-hydrogen) atoms. The van der Waals surface area contributed by atoms with Crippen LogP contribution in [0.4, 0.5) is 0 Å². The van der Waals surface area contributed by atoms with E-state index in [1.807, 2.05) is 37.4 Å². The Labute approximate surface area is 153 Å². The predicted molar refractivity (Wildman–Crippen MR) is 95.7 cm³/mol. The predicted octanol–water partition coefficient (Wildman–Crippen LogP) is 1.91. The number of aromatic nitrogens is 2. The first-order valence-corrected chi connectivity index (χ1v) is 10.6. The van der Waals surface area contributed by atoms with Gasteiger partial charge >= 0.3 is 0 Å². The van der Waals surface area contributed by atoms with Crippen LogP contribution in [0.2, 0.25) is 0 Å². The molecule has 3 fully saturated rings. The molecule has 1 unspecified atom stereocenters. The van der Waals surface area contributed by atoms with Gasteiger partial charge in [0.15, 0.2) is 0 Å². The third-order valence-electron chi connectivity index (χ3n) is 5.82. The lowest BCUT2D eigenvalue weighted by molar-refractivity contribution is 0.0807. The van der Waals surface area contributed by atoms with E-state index in [1.165, 1.54) is 0 Å². The van der Waals surface area contributed by atoms with Crippen molar-refractivity contribution in [1.82, 2.24) is 19.4 Å². The van der Waals surface area contributed by atoms with Crippen LogP contribution in [0.25, 0.3) is 11.5 Å². The zero-order chi connectivity index (χ0) is 17.9. The quantitative estimate of drug-likeness (QED) is 0.813. The van der Waals surface area contributed by atoms with E-state index in [0.29, 0.717) is 24.9 Å². The molecule has 2 aromatic rings. The van der Waals surface area contributed by atoms with Crippen molar-refractivity contribution in [3.05, 3.63) is 36.2 Å². The van der Waals surface area contributed by atoms with Gasteiger partial charge in [0.05, 0.1) is 11.3 Å². The van der Waals surface area contributed by atoms with E-state index in [-0.39, 0.29) is 16.7 Å². The molecule has 7 nitrogen and oxygen atoms in total. The molecule has 3 aliphatic rings. The molecule has 1 aromatic heterocycles. The molecule has 0 radical (unpaired) electrons. The summed E-state index contributed by atoms with van der Waals surface area (Å²) in [6.45, 7) is 2.09. The maximum Gasteiger partial charge on any atom is 0.247 e. The maximum absolute atomic E-state index is 12.4. The van der Waals surface area contributed by atoms with Gasteiger partial charge in [-0.15, -0.1) is 10.2 Å². The fourth-order valence-electron chi connectivity index (χ4n) is 4.30. The Kier molecular flexibility index (Phi) is 3.54. The molecule has 138 valence electrons. The molecule has 0 bridgehead atoms. The monoisotopic (exact) mass is 374 g/mol. The summed E-state index contributed by atoms with van der Waals surface area (Å²) in [5, 5.41) is 8.33. The molecule has 1 aliphatic carbocycles. The van der Waals surface area contributed by atoms with Crippen molar-refractivity contribution in [1.29, 1.82) is 0 Å². The first-order valence-electron chi connectivity index (χ1n) is 9.05. The number of sulfonamides is 1. The highest BCUT2D eigenvalue weighted by Crippen LogP contribution is 2.49. The van der Waals surface area contributed by atoms with Gasteiger partial charge in [0.25, 0.3) is 0 Å². The summed E-state index contributed by atoms with van der Waals surface area (Å²) < 4.78 is 32.4. The van der Waals surface area contributed by atoms with Gasteiger partial charge in [0.2, 0.25) is 21.8 Å². The van der Waals surface area contributed by atoms with Crippen molar-refractivity contribution in [2.75, 3.05) is 26.7 Å². The second-order valence-electron chi connectivity index (χ2n) is 7.96. The Morgan fingerprint density at radius 2 is 1.85 bits per heavy atom. The van der Waals surface area contributed by atoms with E-state index >= 15 is 0 Å². The van der Waals surface area contributed by atoms with Crippen molar-refractivity contribution < 1.29 is 12.8 Å². The van der Waals surface area contributed by atoms with Gasteiger partial charge in [-0.2, -0.15) is 0 Å². The lowest BCUT2D eigenvalue weighted by atomic mass is 9.79. The van der Waals surface area contributed by atoms with Crippen LogP contribution < -0.4 is 0 Å². The minimum atomic E-state index is -3.06. The lowest BCUT2D eigenvalue weighted by Gasteiger charge is -2.47. The van der Waals surface area contributed by atoms with E-state index in [9.17, 15) is 8.42 Å². The third-order valence-corrected chi connectivity index (χ3v) is 8.11. The van der Waals surface area contributed by atoms with Gasteiger partial charge in [-0.3, -0.25) is 4.90 Å². The summed E-state index contributed by atoms with van der Waals surface area (Å²) in [6, 6.07) is 9.78. The van der Waals surface area contributed by atoms with E-state index in [2.05, 4.69) is 15.1 Å². The molecular formula is C18H22N4O3S. The number of benzene rings is 1. The second kappa shape index (κ2) is 5.61. The molecule has 2 saturated heterocycles. The van der Waals surface area contributed by atoms with Crippen LogP contribution >= 0.6 is 0 Å². The first-order chi connectivity index (χ1) is 12.5. The number of likely N-dealkylation sites (tertiary alicyclic amines) is 1. The summed E-state index contributed by atoms with van der Waals surface area (Å²) in [7, 11) is -1.02. The summed E-state index contributed by atoms with van der Waals surface area (Å²) in [6.07, 6.45) is 2.49. The van der Waals surface area contributed by atoms with Gasteiger partial charge in [0, 0.05) is 30.6 Å². The summed E-state index contributed by atoms with van der Waals surface area (Å²) >= 11 is 0. The van der Waals surface area contributed by atoms with Crippen molar-refractivity contribution in [2.24, 2.45) is 5.41 Å². The molecular weight excluding hydrogens is 352 g/mol. The molecule has 5 rings (SSSR count). The molecule has 0 N–H and O–H groups in total. The number of nitrogens with zero attached hydrogens (tertiary/aromatic N) is 4. The average molecular weight is 374 g/mol.